The first kappa shape index (κ1) is 13.2. The molecule has 92 valence electrons. The van der Waals surface area contributed by atoms with Crippen molar-refractivity contribution in [2.75, 3.05) is 0 Å². The molecule has 0 atom stereocenters. The average molecular weight is 301 g/mol. The lowest BCUT2D eigenvalue weighted by Crippen LogP contribution is -2.01. The van der Waals surface area contributed by atoms with Crippen molar-refractivity contribution in [2.45, 2.75) is 0 Å². The number of hydrogen-bond acceptors (Lipinski definition) is 2. The minimum atomic E-state index is -0.00419. The van der Waals surface area contributed by atoms with Gasteiger partial charge < -0.3 is 5.11 Å². The lowest BCUT2D eigenvalue weighted by molar-refractivity contribution is 0.474. The summed E-state index contributed by atoms with van der Waals surface area (Å²) >= 11 is 17.6. The number of halogens is 3. The van der Waals surface area contributed by atoms with Crippen LogP contribution < -0.4 is 0 Å². The van der Waals surface area contributed by atoms with Gasteiger partial charge in [-0.1, -0.05) is 40.9 Å². The van der Waals surface area contributed by atoms with E-state index in [0.29, 0.717) is 26.2 Å². The minimum Gasteiger partial charge on any atom is -0.507 e. The lowest BCUT2D eigenvalue weighted by Gasteiger charge is -2.08. The van der Waals surface area contributed by atoms with E-state index in [1.165, 1.54) is 12.1 Å². The predicted molar refractivity (Wildman–Crippen MR) is 75.5 cm³/mol. The molecule has 0 amide bonds. The van der Waals surface area contributed by atoms with Gasteiger partial charge in [-0.25, -0.2) is 0 Å². The van der Waals surface area contributed by atoms with Crippen LogP contribution >= 0.6 is 34.8 Å². The molecule has 0 radical (unpaired) electrons. The summed E-state index contributed by atoms with van der Waals surface area (Å²) in [6, 6.07) is 9.38. The van der Waals surface area contributed by atoms with Gasteiger partial charge in [-0.15, -0.1) is 0 Å². The lowest BCUT2D eigenvalue weighted by atomic mass is 10.0. The SMILES string of the molecule is N=C(c1ccc(Cl)c(Cl)c1)c1cc(Cl)ccc1O. The zero-order valence-corrected chi connectivity index (χ0v) is 11.3. The Morgan fingerprint density at radius 1 is 0.944 bits per heavy atom. The molecule has 0 aliphatic heterocycles. The number of aromatic hydroxyl groups is 1. The fourth-order valence-corrected chi connectivity index (χ4v) is 1.99. The molecule has 0 aliphatic rings. The van der Waals surface area contributed by atoms with Crippen molar-refractivity contribution in [2.24, 2.45) is 0 Å². The van der Waals surface area contributed by atoms with Crippen molar-refractivity contribution in [3.05, 3.63) is 62.6 Å². The van der Waals surface area contributed by atoms with Crippen LogP contribution in [0.25, 0.3) is 0 Å². The smallest absolute Gasteiger partial charge is 0.125 e. The van der Waals surface area contributed by atoms with Crippen molar-refractivity contribution in [1.29, 1.82) is 5.41 Å². The van der Waals surface area contributed by atoms with Gasteiger partial charge >= 0.3 is 0 Å². The molecule has 0 heterocycles. The summed E-state index contributed by atoms with van der Waals surface area (Å²) in [6.45, 7) is 0. The van der Waals surface area contributed by atoms with Gasteiger partial charge in [0.05, 0.1) is 15.8 Å². The van der Waals surface area contributed by atoms with Crippen LogP contribution in [0.4, 0.5) is 0 Å². The van der Waals surface area contributed by atoms with E-state index in [9.17, 15) is 5.11 Å². The maximum absolute atomic E-state index is 9.73. The van der Waals surface area contributed by atoms with E-state index in [-0.39, 0.29) is 11.5 Å². The van der Waals surface area contributed by atoms with E-state index in [1.807, 2.05) is 0 Å². The third kappa shape index (κ3) is 2.61. The quantitative estimate of drug-likeness (QED) is 0.771. The summed E-state index contributed by atoms with van der Waals surface area (Å²) in [5.41, 5.74) is 1.04. The summed E-state index contributed by atoms with van der Waals surface area (Å²) in [6.07, 6.45) is 0. The van der Waals surface area contributed by atoms with Crippen molar-refractivity contribution < 1.29 is 5.11 Å². The highest BCUT2D eigenvalue weighted by Gasteiger charge is 2.11. The minimum absolute atomic E-state index is 0.00419. The third-order valence-corrected chi connectivity index (χ3v) is 3.41. The van der Waals surface area contributed by atoms with Gasteiger partial charge in [-0.05, 0) is 30.3 Å². The van der Waals surface area contributed by atoms with E-state index in [4.69, 9.17) is 40.2 Å². The molecule has 5 heteroatoms. The molecule has 2 aromatic rings. The van der Waals surface area contributed by atoms with Gasteiger partial charge in [0, 0.05) is 16.1 Å². The van der Waals surface area contributed by atoms with Crippen molar-refractivity contribution in [3.63, 3.8) is 0 Å². The van der Waals surface area contributed by atoms with Gasteiger partial charge in [0.25, 0.3) is 0 Å². The highest BCUT2D eigenvalue weighted by Crippen LogP contribution is 2.27. The number of nitrogens with one attached hydrogen (secondary N) is 1. The van der Waals surface area contributed by atoms with Crippen LogP contribution in [0.15, 0.2) is 36.4 Å². The van der Waals surface area contributed by atoms with E-state index >= 15 is 0 Å². The summed E-state index contributed by atoms with van der Waals surface area (Å²) in [7, 11) is 0. The molecule has 0 unspecified atom stereocenters. The third-order valence-electron chi connectivity index (χ3n) is 2.44. The Morgan fingerprint density at radius 3 is 2.33 bits per heavy atom. The van der Waals surface area contributed by atoms with Crippen molar-refractivity contribution >= 4 is 40.5 Å². The Kier molecular flexibility index (Phi) is 3.81. The fourth-order valence-electron chi connectivity index (χ4n) is 1.52. The molecule has 0 fully saturated rings. The molecule has 0 aliphatic carbocycles. The van der Waals surface area contributed by atoms with Crippen LogP contribution in [0.2, 0.25) is 15.1 Å². The Labute approximate surface area is 119 Å². The maximum atomic E-state index is 9.73. The molecule has 0 spiro atoms. The molecule has 0 aromatic heterocycles. The van der Waals surface area contributed by atoms with Gasteiger partial charge in [-0.3, -0.25) is 5.41 Å². The maximum Gasteiger partial charge on any atom is 0.125 e. The van der Waals surface area contributed by atoms with Crippen LogP contribution in [-0.4, -0.2) is 10.8 Å². The molecular weight excluding hydrogens is 293 g/mol. The van der Waals surface area contributed by atoms with Gasteiger partial charge in [0.1, 0.15) is 5.75 Å². The van der Waals surface area contributed by atoms with Gasteiger partial charge in [0.2, 0.25) is 0 Å². The summed E-state index contributed by atoms with van der Waals surface area (Å²) in [4.78, 5) is 0. The van der Waals surface area contributed by atoms with Crippen LogP contribution in [0, 0.1) is 5.41 Å². The number of phenolic OH excluding ortho intramolecular Hbond substituents is 1. The Bertz CT molecular complexity index is 626. The predicted octanol–water partition coefficient (Wildman–Crippen LogP) is 4.77. The number of phenols is 1. The van der Waals surface area contributed by atoms with E-state index in [0.717, 1.165) is 0 Å². The topological polar surface area (TPSA) is 44.1 Å². The first-order valence-electron chi connectivity index (χ1n) is 5.02. The van der Waals surface area contributed by atoms with Crippen LogP contribution in [0.5, 0.6) is 5.75 Å². The number of benzene rings is 2. The molecule has 0 saturated heterocycles. The molecule has 0 bridgehead atoms. The monoisotopic (exact) mass is 299 g/mol. The standard InChI is InChI=1S/C13H8Cl3NO/c14-8-2-4-12(18)9(6-8)13(17)7-1-3-10(15)11(16)5-7/h1-6,17-18H. The first-order valence-corrected chi connectivity index (χ1v) is 6.15. The summed E-state index contributed by atoms with van der Waals surface area (Å²) in [5.74, 6) is -0.00419. The van der Waals surface area contributed by atoms with Crippen LogP contribution in [0.3, 0.4) is 0 Å². The Morgan fingerprint density at radius 2 is 1.67 bits per heavy atom. The van der Waals surface area contributed by atoms with E-state index < -0.39 is 0 Å². The molecular formula is C13H8Cl3NO. The number of hydrogen-bond donors (Lipinski definition) is 2. The molecule has 18 heavy (non-hydrogen) atoms. The van der Waals surface area contributed by atoms with Crippen LogP contribution in [-0.2, 0) is 0 Å². The second kappa shape index (κ2) is 5.19. The zero-order valence-electron chi connectivity index (χ0n) is 9.05. The largest absolute Gasteiger partial charge is 0.507 e. The highest BCUT2D eigenvalue weighted by atomic mass is 35.5. The number of rotatable bonds is 2. The first-order chi connectivity index (χ1) is 8.49. The van der Waals surface area contributed by atoms with Crippen molar-refractivity contribution in [3.8, 4) is 5.75 Å². The second-order valence-corrected chi connectivity index (χ2v) is 4.92. The second-order valence-electron chi connectivity index (χ2n) is 3.67. The summed E-state index contributed by atoms with van der Waals surface area (Å²) in [5, 5.41) is 19.0. The fraction of sp³-hybridized carbons (Fsp3) is 0. The van der Waals surface area contributed by atoms with Crippen molar-refractivity contribution in [1.82, 2.24) is 0 Å². The molecule has 0 saturated carbocycles. The highest BCUT2D eigenvalue weighted by molar-refractivity contribution is 6.42. The Hall–Kier alpha value is -1.22. The molecule has 2 rings (SSSR count). The average Bonchev–Trinajstić information content (AvgIpc) is 2.35. The summed E-state index contributed by atoms with van der Waals surface area (Å²) < 4.78 is 0. The van der Waals surface area contributed by atoms with Gasteiger partial charge in [-0.2, -0.15) is 0 Å². The van der Waals surface area contributed by atoms with Gasteiger partial charge in [0.15, 0.2) is 0 Å². The zero-order chi connectivity index (χ0) is 13.3. The van der Waals surface area contributed by atoms with E-state index in [2.05, 4.69) is 0 Å². The molecule has 2 aromatic carbocycles. The normalized spacial score (nSPS) is 10.4. The van der Waals surface area contributed by atoms with Crippen LogP contribution in [0.1, 0.15) is 11.1 Å². The molecule has 2 N–H and O–H groups in total. The van der Waals surface area contributed by atoms with E-state index in [1.54, 1.807) is 24.3 Å². The molecule has 2 nitrogen and oxygen atoms in total. The Balaban J connectivity index is 2.47.